The summed E-state index contributed by atoms with van der Waals surface area (Å²) in [6.45, 7) is 2.77. The van der Waals surface area contributed by atoms with Crippen LogP contribution in [0.4, 0.5) is 0 Å². The van der Waals surface area contributed by atoms with Crippen LogP contribution in [0.3, 0.4) is 0 Å². The van der Waals surface area contributed by atoms with E-state index < -0.39 is 133 Å². The number of aliphatic hydroxyl groups excluding tert-OH is 4. The number of nitrogens with two attached hydrogens (primary N) is 2. The summed E-state index contributed by atoms with van der Waals surface area (Å²) in [4.78, 5) is 114. The molecule has 10 atom stereocenters. The number of carboxylic acids is 1. The Bertz CT molecular complexity index is 1360. The van der Waals surface area contributed by atoms with E-state index in [1.165, 1.54) is 13.8 Å². The Hall–Kier alpha value is -4.97. The van der Waals surface area contributed by atoms with E-state index in [-0.39, 0.29) is 19.4 Å². The third-order valence-corrected chi connectivity index (χ3v) is 8.04. The van der Waals surface area contributed by atoms with Gasteiger partial charge in [0.1, 0.15) is 42.3 Å². The second kappa shape index (κ2) is 21.5. The maximum absolute atomic E-state index is 13.2. The highest BCUT2D eigenvalue weighted by Gasteiger charge is 2.39. The fourth-order valence-electron chi connectivity index (χ4n) is 4.97. The highest BCUT2D eigenvalue weighted by molar-refractivity contribution is 5.98. The minimum atomic E-state index is -1.87. The summed E-state index contributed by atoms with van der Waals surface area (Å²) in [6.07, 6.45) is -3.61. The molecule has 0 bridgehead atoms. The number of aliphatic carboxylic acids is 1. The number of carbonyl (C=O) groups is 9. The molecule has 0 aliphatic carbocycles. The van der Waals surface area contributed by atoms with Crippen molar-refractivity contribution in [2.75, 3.05) is 19.8 Å². The monoisotopic (exact) mass is 761 g/mol. The molecule has 1 fully saturated rings. The normalized spacial score (nSPS) is 19.0. The van der Waals surface area contributed by atoms with Crippen LogP contribution in [0, 0.1) is 0 Å². The largest absolute Gasteiger partial charge is 0.480 e. The molecule has 15 N–H and O–H groups in total. The average molecular weight is 762 g/mol. The number of hydrogen-bond donors (Lipinski definition) is 13. The van der Waals surface area contributed by atoms with Gasteiger partial charge in [0, 0.05) is 13.0 Å². The first-order valence-electron chi connectivity index (χ1n) is 16.6. The van der Waals surface area contributed by atoms with Crippen LogP contribution < -0.4 is 43.4 Å². The smallest absolute Gasteiger partial charge is 0.326 e. The lowest BCUT2D eigenvalue weighted by Crippen LogP contribution is -2.63. The van der Waals surface area contributed by atoms with E-state index in [2.05, 4.69) is 31.9 Å². The number of nitrogens with one attached hydrogen (secondary N) is 6. The topological polar surface area (TPSA) is 382 Å². The van der Waals surface area contributed by atoms with E-state index in [0.717, 1.165) is 18.7 Å². The maximum atomic E-state index is 13.2. The molecule has 23 heteroatoms. The predicted molar refractivity (Wildman–Crippen MR) is 179 cm³/mol. The molecule has 0 aromatic rings. The van der Waals surface area contributed by atoms with Crippen LogP contribution in [0.15, 0.2) is 0 Å². The average Bonchev–Trinajstić information content (AvgIpc) is 3.58. The molecule has 0 aromatic heterocycles. The van der Waals surface area contributed by atoms with E-state index in [1.807, 2.05) is 0 Å². The van der Waals surface area contributed by atoms with Gasteiger partial charge in [-0.1, -0.05) is 0 Å². The molecular formula is C30H51N9O14. The Morgan fingerprint density at radius 2 is 1.15 bits per heavy atom. The van der Waals surface area contributed by atoms with Gasteiger partial charge in [-0.25, -0.2) is 4.79 Å². The van der Waals surface area contributed by atoms with Gasteiger partial charge in [0.25, 0.3) is 0 Å². The molecule has 0 unspecified atom stereocenters. The first-order valence-corrected chi connectivity index (χ1v) is 16.6. The Labute approximate surface area is 303 Å². The van der Waals surface area contributed by atoms with Crippen molar-refractivity contribution < 1.29 is 68.7 Å². The van der Waals surface area contributed by atoms with Gasteiger partial charge in [0.2, 0.25) is 47.3 Å². The van der Waals surface area contributed by atoms with Gasteiger partial charge in [-0.3, -0.25) is 38.4 Å². The van der Waals surface area contributed by atoms with Crippen molar-refractivity contribution >= 4 is 53.2 Å². The minimum absolute atomic E-state index is 0.0423. The summed E-state index contributed by atoms with van der Waals surface area (Å²) in [5, 5.41) is 62.7. The third-order valence-electron chi connectivity index (χ3n) is 8.04. The molecule has 8 amide bonds. The van der Waals surface area contributed by atoms with E-state index in [9.17, 15) is 68.7 Å². The molecular weight excluding hydrogens is 710 g/mol. The highest BCUT2D eigenvalue weighted by atomic mass is 16.4. The van der Waals surface area contributed by atoms with Crippen LogP contribution in [0.5, 0.6) is 0 Å². The number of likely N-dealkylation sites (tertiary alicyclic amines) is 1. The van der Waals surface area contributed by atoms with E-state index >= 15 is 0 Å². The van der Waals surface area contributed by atoms with Crippen molar-refractivity contribution in [1.82, 2.24) is 36.8 Å². The van der Waals surface area contributed by atoms with Crippen molar-refractivity contribution in [3.63, 3.8) is 0 Å². The number of primary amides is 1. The van der Waals surface area contributed by atoms with Gasteiger partial charge < -0.3 is 73.8 Å². The predicted octanol–water partition coefficient (Wildman–Crippen LogP) is -7.65. The second-order valence-corrected chi connectivity index (χ2v) is 12.6. The standard InChI is InChI=1S/C30H51N9O14/c1-12(31)23(45)33-13(2)24(46)34-16(7-8-20(32)44)25(47)37-21(14(3)42)27(49)35-17(10-40)26(48)38-22(15(4)43)28(50)36-18(11-41)29(51)39-9-5-6-19(39)30(52)53/h12-19,21-22,40-43H,5-11,31H2,1-4H3,(H2,32,44)(H,33,45)(H,34,46)(H,35,49)(H,36,50)(H,37,47)(H,38,48)(H,52,53)/t12-,13-,14+,15+,16-,17-,18-,19-,21-,22-/m0/s1. The summed E-state index contributed by atoms with van der Waals surface area (Å²) in [7, 11) is 0. The lowest BCUT2D eigenvalue weighted by molar-refractivity contribution is -0.150. The molecule has 53 heavy (non-hydrogen) atoms. The number of aliphatic hydroxyl groups is 4. The van der Waals surface area contributed by atoms with Gasteiger partial charge in [-0.2, -0.15) is 0 Å². The van der Waals surface area contributed by atoms with E-state index in [1.54, 1.807) is 0 Å². The Morgan fingerprint density at radius 1 is 0.679 bits per heavy atom. The number of rotatable bonds is 21. The Morgan fingerprint density at radius 3 is 1.58 bits per heavy atom. The summed E-state index contributed by atoms with van der Waals surface area (Å²) >= 11 is 0. The van der Waals surface area contributed by atoms with Crippen molar-refractivity contribution in [3.05, 3.63) is 0 Å². The van der Waals surface area contributed by atoms with Crippen LogP contribution in [-0.4, -0.2) is 164 Å². The Kier molecular flexibility index (Phi) is 18.7. The second-order valence-electron chi connectivity index (χ2n) is 12.6. The van der Waals surface area contributed by atoms with Crippen molar-refractivity contribution in [2.45, 2.75) is 114 Å². The molecule has 1 heterocycles. The quantitative estimate of drug-likeness (QED) is 0.0517. The van der Waals surface area contributed by atoms with Gasteiger partial charge in [0.15, 0.2) is 0 Å². The molecule has 0 saturated carbocycles. The molecule has 0 spiro atoms. The first-order chi connectivity index (χ1) is 24.7. The molecule has 300 valence electrons. The lowest BCUT2D eigenvalue weighted by Gasteiger charge is -2.29. The van der Waals surface area contributed by atoms with Crippen LogP contribution in [0.2, 0.25) is 0 Å². The molecule has 1 saturated heterocycles. The number of nitrogens with zero attached hydrogens (tertiary/aromatic N) is 1. The number of hydrogen-bond acceptors (Lipinski definition) is 14. The zero-order valence-electron chi connectivity index (χ0n) is 29.7. The maximum Gasteiger partial charge on any atom is 0.326 e. The van der Waals surface area contributed by atoms with E-state index in [0.29, 0.717) is 6.42 Å². The zero-order chi connectivity index (χ0) is 40.7. The first kappa shape index (κ1) is 46.1. The highest BCUT2D eigenvalue weighted by Crippen LogP contribution is 2.18. The van der Waals surface area contributed by atoms with E-state index in [4.69, 9.17) is 11.5 Å². The summed E-state index contributed by atoms with van der Waals surface area (Å²) < 4.78 is 0. The molecule has 1 aliphatic rings. The number of carbonyl (C=O) groups excluding carboxylic acids is 8. The van der Waals surface area contributed by atoms with Crippen LogP contribution in [0.1, 0.15) is 53.4 Å². The Balaban J connectivity index is 3.07. The molecule has 1 rings (SSSR count). The zero-order valence-corrected chi connectivity index (χ0v) is 29.7. The lowest BCUT2D eigenvalue weighted by atomic mass is 10.1. The van der Waals surface area contributed by atoms with Crippen LogP contribution in [0.25, 0.3) is 0 Å². The number of carboxylic acid groups (broad SMARTS) is 1. The molecule has 1 aliphatic heterocycles. The SMILES string of the molecule is C[C@H](N)C(=O)N[C@@H](C)C(=O)N[C@@H](CCC(N)=O)C(=O)N[C@H](C(=O)N[C@@H](CO)C(=O)N[C@H](C(=O)N[C@@H](CO)C(=O)N1CCC[C@H]1C(=O)O)[C@@H](C)O)[C@@H](C)O. The molecule has 0 aromatic carbocycles. The summed E-state index contributed by atoms with van der Waals surface area (Å²) in [6, 6.07) is -12.1. The van der Waals surface area contributed by atoms with Gasteiger partial charge >= 0.3 is 5.97 Å². The third kappa shape index (κ3) is 14.2. The van der Waals surface area contributed by atoms with Crippen molar-refractivity contribution in [2.24, 2.45) is 11.5 Å². The van der Waals surface area contributed by atoms with Gasteiger partial charge in [-0.15, -0.1) is 0 Å². The van der Waals surface area contributed by atoms with Crippen molar-refractivity contribution in [3.8, 4) is 0 Å². The van der Waals surface area contributed by atoms with Crippen LogP contribution in [-0.2, 0) is 43.2 Å². The van der Waals surface area contributed by atoms with Gasteiger partial charge in [0.05, 0.1) is 31.5 Å². The molecule has 23 nitrogen and oxygen atoms in total. The minimum Gasteiger partial charge on any atom is -0.480 e. The summed E-state index contributed by atoms with van der Waals surface area (Å²) in [5.41, 5.74) is 10.7. The van der Waals surface area contributed by atoms with Crippen molar-refractivity contribution in [1.29, 1.82) is 0 Å². The molecule has 0 radical (unpaired) electrons. The number of amides is 8. The van der Waals surface area contributed by atoms with Gasteiger partial charge in [-0.05, 0) is 47.0 Å². The fraction of sp³-hybridized carbons (Fsp3) is 0.700. The fourth-order valence-corrected chi connectivity index (χ4v) is 4.97. The summed E-state index contributed by atoms with van der Waals surface area (Å²) in [5.74, 6) is -9.43. The van der Waals surface area contributed by atoms with Crippen LogP contribution >= 0.6 is 0 Å².